The summed E-state index contributed by atoms with van der Waals surface area (Å²) in [6.45, 7) is 8.20. The van der Waals surface area contributed by atoms with Gasteiger partial charge in [-0.3, -0.25) is 4.79 Å². The molecule has 6 aliphatic rings. The molecular formula is C34H41F3N2O6. The molecule has 8 rings (SSSR count). The fraction of sp³-hybridized carbons (Fsp3) is 0.618. The van der Waals surface area contributed by atoms with Crippen molar-refractivity contribution in [2.75, 3.05) is 31.1 Å². The van der Waals surface area contributed by atoms with Gasteiger partial charge in [0.1, 0.15) is 5.75 Å². The van der Waals surface area contributed by atoms with Crippen LogP contribution in [0.5, 0.6) is 5.75 Å². The topological polar surface area (TPSA) is 69.7 Å². The van der Waals surface area contributed by atoms with Crippen LogP contribution in [-0.4, -0.2) is 61.0 Å². The van der Waals surface area contributed by atoms with Crippen LogP contribution in [0.2, 0.25) is 0 Å². The van der Waals surface area contributed by atoms with Crippen molar-refractivity contribution < 1.29 is 42.0 Å². The molecule has 8 atom stereocenters. The molecule has 45 heavy (non-hydrogen) atoms. The Labute approximate surface area is 261 Å². The third-order valence-corrected chi connectivity index (χ3v) is 10.8. The number of piperazine rings is 1. The predicted molar refractivity (Wildman–Crippen MR) is 158 cm³/mol. The van der Waals surface area contributed by atoms with Crippen molar-refractivity contribution in [3.63, 3.8) is 0 Å². The average molecular weight is 631 g/mol. The maximum atomic E-state index is 13.1. The molecule has 0 unspecified atom stereocenters. The van der Waals surface area contributed by atoms with Crippen LogP contribution in [0.15, 0.2) is 48.5 Å². The number of hydrogen-bond donors (Lipinski definition) is 0. The first kappa shape index (κ1) is 30.8. The molecule has 0 radical (unpaired) electrons. The number of rotatable bonds is 5. The molecule has 1 saturated carbocycles. The summed E-state index contributed by atoms with van der Waals surface area (Å²) >= 11 is 0. The van der Waals surface area contributed by atoms with Crippen molar-refractivity contribution >= 4 is 11.6 Å². The first-order chi connectivity index (χ1) is 21.4. The monoisotopic (exact) mass is 630 g/mol. The molecule has 11 heteroatoms. The summed E-state index contributed by atoms with van der Waals surface area (Å²) in [6, 6.07) is 12.8. The van der Waals surface area contributed by atoms with Crippen molar-refractivity contribution in [1.29, 1.82) is 0 Å². The number of halogens is 3. The molecule has 5 heterocycles. The molecule has 0 aromatic heterocycles. The minimum atomic E-state index is -4.39. The van der Waals surface area contributed by atoms with Crippen molar-refractivity contribution in [3.8, 4) is 5.75 Å². The van der Waals surface area contributed by atoms with Crippen molar-refractivity contribution in [1.82, 2.24) is 4.90 Å². The molecule has 1 aliphatic carbocycles. The van der Waals surface area contributed by atoms with Gasteiger partial charge in [-0.15, -0.1) is 0 Å². The van der Waals surface area contributed by atoms with Gasteiger partial charge < -0.3 is 24.0 Å². The summed E-state index contributed by atoms with van der Waals surface area (Å²) in [5.74, 6) is 0.768. The summed E-state index contributed by atoms with van der Waals surface area (Å²) in [6.07, 6.45) is -1.43. The Balaban J connectivity index is 0.960. The van der Waals surface area contributed by atoms with Gasteiger partial charge in [-0.05, 0) is 73.9 Å². The van der Waals surface area contributed by atoms with Crippen molar-refractivity contribution in [2.24, 2.45) is 23.7 Å². The van der Waals surface area contributed by atoms with Gasteiger partial charge in [0.25, 0.3) is 0 Å². The molecule has 2 bridgehead atoms. The van der Waals surface area contributed by atoms with E-state index in [0.717, 1.165) is 37.3 Å². The van der Waals surface area contributed by atoms with Gasteiger partial charge in [-0.25, -0.2) is 9.78 Å². The summed E-state index contributed by atoms with van der Waals surface area (Å²) < 4.78 is 58.8. The number of ether oxygens (including phenoxy) is 3. The summed E-state index contributed by atoms with van der Waals surface area (Å²) in [7, 11) is 0. The Morgan fingerprint density at radius 2 is 1.73 bits per heavy atom. The lowest BCUT2D eigenvalue weighted by molar-refractivity contribution is -0.575. The first-order valence-corrected chi connectivity index (χ1v) is 16.1. The quantitative estimate of drug-likeness (QED) is 0.366. The molecule has 6 fully saturated rings. The van der Waals surface area contributed by atoms with E-state index in [1.54, 1.807) is 11.0 Å². The number of anilines is 1. The van der Waals surface area contributed by atoms with Crippen LogP contribution in [0.3, 0.4) is 0 Å². The highest BCUT2D eigenvalue weighted by Crippen LogP contribution is 2.60. The maximum Gasteiger partial charge on any atom is 0.416 e. The highest BCUT2D eigenvalue weighted by atomic mass is 19.4. The van der Waals surface area contributed by atoms with Crippen LogP contribution < -0.4 is 9.64 Å². The molecule has 5 saturated heterocycles. The lowest BCUT2D eigenvalue weighted by Crippen LogP contribution is -2.70. The Hall–Kier alpha value is -2.86. The standard InChI is InChI=1S/C34H41F3N2O6/c1-21-7-12-28-22(2)30(42-31-33(28)27(21)13-14-32(3,43-31)44-45-33)41-26-10-8-23(9-11-26)19-29(40)39-17-15-38(16-18-39)25-6-4-5-24(20-25)34(35,36)37/h4-6,8-11,20-22,27-28,30-31H,7,12-19H2,1-3H3/t21-,22-,27+,28+,30+,31-,32-,33-/m1/s1. The second kappa shape index (κ2) is 11.4. The Kier molecular flexibility index (Phi) is 7.82. The predicted octanol–water partition coefficient (Wildman–Crippen LogP) is 6.18. The van der Waals surface area contributed by atoms with Gasteiger partial charge in [0, 0.05) is 50.1 Å². The maximum absolute atomic E-state index is 13.1. The van der Waals surface area contributed by atoms with Crippen molar-refractivity contribution in [3.05, 3.63) is 59.7 Å². The van der Waals surface area contributed by atoms with Gasteiger partial charge >= 0.3 is 6.18 Å². The zero-order chi connectivity index (χ0) is 31.6. The SMILES string of the molecule is C[C@H]1[C@@H](Oc2ccc(CC(=O)N3CCN(c4cccc(C(F)(F)F)c4)CC3)cc2)O[C@@H]2O[C@@]3(C)CC[C@H]4[C@H](C)CC[C@@H]1[C@@]24OO3. The number of hydrogen-bond acceptors (Lipinski definition) is 7. The Morgan fingerprint density at radius 3 is 2.47 bits per heavy atom. The smallest absolute Gasteiger partial charge is 0.416 e. The van der Waals surface area contributed by atoms with Crippen LogP contribution in [0, 0.1) is 23.7 Å². The van der Waals surface area contributed by atoms with Gasteiger partial charge in [0.2, 0.25) is 18.0 Å². The lowest BCUT2D eigenvalue weighted by Gasteiger charge is -2.60. The van der Waals surface area contributed by atoms with Gasteiger partial charge in [-0.1, -0.05) is 32.0 Å². The number of amides is 1. The molecule has 8 nitrogen and oxygen atoms in total. The minimum absolute atomic E-state index is 0.0146. The fourth-order valence-corrected chi connectivity index (χ4v) is 8.21. The number of carbonyl (C=O) groups is 1. The number of nitrogens with zero attached hydrogens (tertiary/aromatic N) is 2. The van der Waals surface area contributed by atoms with Gasteiger partial charge in [0.15, 0.2) is 11.9 Å². The van der Waals surface area contributed by atoms with E-state index in [9.17, 15) is 18.0 Å². The zero-order valence-electron chi connectivity index (χ0n) is 25.9. The van der Waals surface area contributed by atoms with E-state index in [-0.39, 0.29) is 30.1 Å². The molecule has 244 valence electrons. The molecular weight excluding hydrogens is 589 g/mol. The fourth-order valence-electron chi connectivity index (χ4n) is 8.21. The van der Waals surface area contributed by atoms with Crippen molar-refractivity contribution in [2.45, 2.75) is 83.0 Å². The zero-order valence-corrected chi connectivity index (χ0v) is 25.9. The molecule has 1 amide bonds. The second-order valence-corrected chi connectivity index (χ2v) is 13.6. The first-order valence-electron chi connectivity index (χ1n) is 16.1. The highest BCUT2D eigenvalue weighted by Gasteiger charge is 2.69. The normalized spacial score (nSPS) is 36.3. The largest absolute Gasteiger partial charge is 0.465 e. The van der Waals surface area contributed by atoms with E-state index in [0.29, 0.717) is 43.5 Å². The Bertz CT molecular complexity index is 1400. The van der Waals surface area contributed by atoms with E-state index in [1.807, 2.05) is 36.1 Å². The molecule has 2 aromatic rings. The molecule has 1 spiro atoms. The average Bonchev–Trinajstić information content (AvgIpc) is 3.26. The van der Waals surface area contributed by atoms with E-state index in [4.69, 9.17) is 24.0 Å². The number of fused-ring (bicyclic) bond motifs is 2. The van der Waals surface area contributed by atoms with Crippen LogP contribution in [0.25, 0.3) is 0 Å². The van der Waals surface area contributed by atoms with E-state index >= 15 is 0 Å². The minimum Gasteiger partial charge on any atom is -0.465 e. The number of carbonyl (C=O) groups excluding carboxylic acids is 1. The summed E-state index contributed by atoms with van der Waals surface area (Å²) in [5.41, 5.74) is 0.0657. The highest BCUT2D eigenvalue weighted by molar-refractivity contribution is 5.79. The second-order valence-electron chi connectivity index (χ2n) is 13.6. The van der Waals surface area contributed by atoms with E-state index in [1.165, 1.54) is 12.1 Å². The van der Waals surface area contributed by atoms with Gasteiger partial charge in [0.05, 0.1) is 12.0 Å². The number of alkyl halides is 3. The van der Waals surface area contributed by atoms with E-state index in [2.05, 4.69) is 13.8 Å². The molecule has 5 aliphatic heterocycles. The number of benzene rings is 2. The lowest BCUT2D eigenvalue weighted by atomic mass is 9.58. The Morgan fingerprint density at radius 1 is 0.978 bits per heavy atom. The van der Waals surface area contributed by atoms with Crippen LogP contribution in [0.4, 0.5) is 18.9 Å². The van der Waals surface area contributed by atoms with Crippen LogP contribution in [0.1, 0.15) is 57.6 Å². The summed E-state index contributed by atoms with van der Waals surface area (Å²) in [5, 5.41) is 0. The summed E-state index contributed by atoms with van der Waals surface area (Å²) in [4.78, 5) is 28.9. The van der Waals surface area contributed by atoms with Crippen LogP contribution >= 0.6 is 0 Å². The third-order valence-electron chi connectivity index (χ3n) is 10.8. The van der Waals surface area contributed by atoms with Crippen LogP contribution in [-0.2, 0) is 36.6 Å². The molecule has 0 N–H and O–H groups in total. The van der Waals surface area contributed by atoms with Gasteiger partial charge in [-0.2, -0.15) is 13.2 Å². The third kappa shape index (κ3) is 5.59. The molecule has 2 aromatic carbocycles. The van der Waals surface area contributed by atoms with E-state index < -0.39 is 35.7 Å².